The number of hydrogen-bond donors (Lipinski definition) is 1. The lowest BCUT2D eigenvalue weighted by molar-refractivity contribution is -0.125. The van der Waals surface area contributed by atoms with Crippen LogP contribution in [0.2, 0.25) is 0 Å². The highest BCUT2D eigenvalue weighted by molar-refractivity contribution is 6.27. The Hall–Kier alpha value is -2.36. The molecule has 0 radical (unpaired) electrons. The number of fused-ring (bicyclic) bond motifs is 2. The van der Waals surface area contributed by atoms with Gasteiger partial charge < -0.3 is 10.0 Å². The van der Waals surface area contributed by atoms with E-state index in [4.69, 9.17) is 0 Å². The van der Waals surface area contributed by atoms with Crippen molar-refractivity contribution in [3.05, 3.63) is 58.4 Å². The van der Waals surface area contributed by atoms with Gasteiger partial charge in [0.2, 0.25) is 0 Å². The SMILES string of the molecule is CC1=CC2(C)C(C)/C(C)=C\C3(C)C=C(C)C2C1C3/C=C/C(O)=C1/C(=O)C2CCCN2C1=O. The molecule has 2 aliphatic heterocycles. The first kappa shape index (κ1) is 21.5. The van der Waals surface area contributed by atoms with Gasteiger partial charge in [0.15, 0.2) is 5.78 Å². The van der Waals surface area contributed by atoms with Crippen molar-refractivity contribution < 1.29 is 14.7 Å². The summed E-state index contributed by atoms with van der Waals surface area (Å²) in [7, 11) is 0. The number of amides is 1. The largest absolute Gasteiger partial charge is 0.507 e. The van der Waals surface area contributed by atoms with Gasteiger partial charge in [-0.2, -0.15) is 0 Å². The number of aliphatic hydroxyl groups is 1. The number of ketones is 1. The zero-order valence-corrected chi connectivity index (χ0v) is 20.1. The van der Waals surface area contributed by atoms with E-state index in [0.717, 1.165) is 6.42 Å². The average Bonchev–Trinajstić information content (AvgIpc) is 3.35. The minimum Gasteiger partial charge on any atom is -0.507 e. The topological polar surface area (TPSA) is 57.6 Å². The van der Waals surface area contributed by atoms with E-state index in [-0.39, 0.29) is 45.8 Å². The van der Waals surface area contributed by atoms with Gasteiger partial charge in [-0.1, -0.05) is 61.8 Å². The van der Waals surface area contributed by atoms with Crippen molar-refractivity contribution in [3.8, 4) is 0 Å². The molecule has 170 valence electrons. The summed E-state index contributed by atoms with van der Waals surface area (Å²) in [5, 5.41) is 10.9. The third-order valence-electron chi connectivity index (χ3n) is 9.38. The lowest BCUT2D eigenvalue weighted by atomic mass is 9.51. The predicted octanol–water partition coefficient (Wildman–Crippen LogP) is 5.31. The van der Waals surface area contributed by atoms with Crippen LogP contribution in [-0.4, -0.2) is 34.3 Å². The molecule has 0 aromatic carbocycles. The molecule has 2 saturated heterocycles. The molecular weight excluding hydrogens is 398 g/mol. The standard InChI is InChI=1S/C28H35NO3/c1-15-12-27(5)13-17(3)24-22(16(2)14-28(24,6)18(15)4)19(27)9-10-21(30)23-25(31)20-8-7-11-29(20)26(23)32/h9-10,12-14,18-20,22,24,30H,7-8,11H2,1-6H3/b10-9+,15-12-,23-21+. The van der Waals surface area contributed by atoms with E-state index < -0.39 is 0 Å². The summed E-state index contributed by atoms with van der Waals surface area (Å²) in [5.74, 6) is 0.657. The van der Waals surface area contributed by atoms with E-state index in [1.54, 1.807) is 11.0 Å². The molecule has 0 aromatic rings. The first-order valence-electron chi connectivity index (χ1n) is 12.0. The fourth-order valence-corrected chi connectivity index (χ4v) is 7.83. The highest BCUT2D eigenvalue weighted by atomic mass is 16.3. The molecule has 6 aliphatic rings. The molecule has 4 bridgehead atoms. The summed E-state index contributed by atoms with van der Waals surface area (Å²) in [4.78, 5) is 27.2. The van der Waals surface area contributed by atoms with Gasteiger partial charge in [-0.15, -0.1) is 0 Å². The van der Waals surface area contributed by atoms with Crippen molar-refractivity contribution in [1.29, 1.82) is 0 Å². The molecule has 0 aromatic heterocycles. The summed E-state index contributed by atoms with van der Waals surface area (Å²) in [5.41, 5.74) is 4.10. The van der Waals surface area contributed by atoms with Crippen molar-refractivity contribution >= 4 is 11.7 Å². The van der Waals surface area contributed by atoms with Crippen LogP contribution in [-0.2, 0) is 9.59 Å². The lowest BCUT2D eigenvalue weighted by Gasteiger charge is -2.52. The number of allylic oxidation sites excluding steroid dienone is 8. The molecule has 1 amide bonds. The summed E-state index contributed by atoms with van der Waals surface area (Å²) in [6, 6.07) is -0.374. The Morgan fingerprint density at radius 2 is 1.78 bits per heavy atom. The van der Waals surface area contributed by atoms with E-state index in [2.05, 4.69) is 65.8 Å². The number of rotatable bonds is 2. The third-order valence-corrected chi connectivity index (χ3v) is 9.38. The van der Waals surface area contributed by atoms with Crippen LogP contribution in [0.25, 0.3) is 0 Å². The van der Waals surface area contributed by atoms with Crippen molar-refractivity contribution in [2.75, 3.05) is 6.54 Å². The van der Waals surface area contributed by atoms with Crippen molar-refractivity contribution in [1.82, 2.24) is 4.90 Å². The van der Waals surface area contributed by atoms with Crippen molar-refractivity contribution in [3.63, 3.8) is 0 Å². The average molecular weight is 434 g/mol. The van der Waals surface area contributed by atoms with Gasteiger partial charge in [0, 0.05) is 12.0 Å². The molecule has 2 heterocycles. The number of Topliss-reactive ketones (excluding diaryl/α,β-unsaturated/α-hetero) is 1. The normalized spacial score (nSPS) is 46.1. The van der Waals surface area contributed by atoms with Crippen LogP contribution in [0.3, 0.4) is 0 Å². The Kier molecular flexibility index (Phi) is 4.58. The van der Waals surface area contributed by atoms with Crippen LogP contribution < -0.4 is 0 Å². The van der Waals surface area contributed by atoms with Crippen LogP contribution >= 0.6 is 0 Å². The Bertz CT molecular complexity index is 1050. The summed E-state index contributed by atoms with van der Waals surface area (Å²) >= 11 is 0. The Labute approximate surface area is 191 Å². The maximum Gasteiger partial charge on any atom is 0.261 e. The molecule has 1 N–H and O–H groups in total. The lowest BCUT2D eigenvalue weighted by Crippen LogP contribution is -2.45. The summed E-state index contributed by atoms with van der Waals surface area (Å²) in [6.45, 7) is 14.4. The number of hydrogen-bond acceptors (Lipinski definition) is 3. The van der Waals surface area contributed by atoms with E-state index in [1.165, 1.54) is 16.7 Å². The van der Waals surface area contributed by atoms with Gasteiger partial charge in [-0.05, 0) is 68.8 Å². The minimum atomic E-state index is -0.374. The summed E-state index contributed by atoms with van der Waals surface area (Å²) < 4.78 is 0. The maximum absolute atomic E-state index is 12.8. The first-order chi connectivity index (χ1) is 15.0. The fourth-order valence-electron chi connectivity index (χ4n) is 7.83. The molecule has 4 heteroatoms. The van der Waals surface area contributed by atoms with Crippen LogP contribution in [0.4, 0.5) is 0 Å². The van der Waals surface area contributed by atoms with E-state index in [9.17, 15) is 14.7 Å². The minimum absolute atomic E-state index is 0.0253. The van der Waals surface area contributed by atoms with Gasteiger partial charge >= 0.3 is 0 Å². The number of aliphatic hydroxyl groups excluding tert-OH is 1. The van der Waals surface area contributed by atoms with Gasteiger partial charge in [-0.3, -0.25) is 9.59 Å². The molecule has 2 fully saturated rings. The zero-order valence-electron chi connectivity index (χ0n) is 20.1. The van der Waals surface area contributed by atoms with Gasteiger partial charge in [0.1, 0.15) is 11.3 Å². The highest BCUT2D eigenvalue weighted by Crippen LogP contribution is 2.64. The van der Waals surface area contributed by atoms with Gasteiger partial charge in [0.25, 0.3) is 5.91 Å². The Morgan fingerprint density at radius 3 is 2.47 bits per heavy atom. The van der Waals surface area contributed by atoms with Crippen molar-refractivity contribution in [2.24, 2.45) is 34.5 Å². The van der Waals surface area contributed by atoms with Crippen LogP contribution in [0.15, 0.2) is 58.4 Å². The molecule has 0 spiro atoms. The third kappa shape index (κ3) is 2.67. The van der Waals surface area contributed by atoms with E-state index >= 15 is 0 Å². The maximum atomic E-state index is 12.8. The molecular formula is C28H35NO3. The predicted molar refractivity (Wildman–Crippen MR) is 126 cm³/mol. The first-order valence-corrected chi connectivity index (χ1v) is 12.0. The smallest absolute Gasteiger partial charge is 0.261 e. The van der Waals surface area contributed by atoms with E-state index in [0.29, 0.717) is 30.7 Å². The van der Waals surface area contributed by atoms with Crippen LogP contribution in [0.1, 0.15) is 54.4 Å². The second-order valence-electron chi connectivity index (χ2n) is 11.3. The quantitative estimate of drug-likeness (QED) is 0.278. The second kappa shape index (κ2) is 6.82. The monoisotopic (exact) mass is 433 g/mol. The van der Waals surface area contributed by atoms with Gasteiger partial charge in [-0.25, -0.2) is 0 Å². The number of carbonyl (C=O) groups excluding carboxylic acids is 2. The molecule has 0 saturated carbocycles. The second-order valence-corrected chi connectivity index (χ2v) is 11.3. The Balaban J connectivity index is 1.59. The number of carbonyl (C=O) groups is 2. The summed E-state index contributed by atoms with van der Waals surface area (Å²) in [6.07, 6.45) is 12.6. The molecule has 4 nitrogen and oxygen atoms in total. The molecule has 6 rings (SSSR count). The number of nitrogens with zero attached hydrogens (tertiary/aromatic N) is 1. The molecule has 7 unspecified atom stereocenters. The molecule has 32 heavy (non-hydrogen) atoms. The fraction of sp³-hybridized carbons (Fsp3) is 0.571. The van der Waals surface area contributed by atoms with Gasteiger partial charge in [0.05, 0.1) is 6.04 Å². The van der Waals surface area contributed by atoms with Crippen molar-refractivity contribution in [2.45, 2.75) is 60.4 Å². The Morgan fingerprint density at radius 1 is 1.09 bits per heavy atom. The molecule has 7 atom stereocenters. The highest BCUT2D eigenvalue weighted by Gasteiger charge is 2.56. The van der Waals surface area contributed by atoms with Crippen LogP contribution in [0, 0.1) is 34.5 Å². The van der Waals surface area contributed by atoms with Crippen LogP contribution in [0.5, 0.6) is 0 Å². The van der Waals surface area contributed by atoms with E-state index in [1.807, 2.05) is 0 Å². The molecule has 4 aliphatic carbocycles. The zero-order chi connectivity index (χ0) is 23.2.